The topological polar surface area (TPSA) is 55.1 Å². The molecule has 76 valence electrons. The van der Waals surface area contributed by atoms with Gasteiger partial charge in [-0.1, -0.05) is 11.6 Å². The lowest BCUT2D eigenvalue weighted by Crippen LogP contribution is -2.05. The predicted octanol–water partition coefficient (Wildman–Crippen LogP) is 2.22. The molecular formula is C10H7ClN2O2. The Morgan fingerprint density at radius 2 is 2.00 bits per heavy atom. The van der Waals surface area contributed by atoms with E-state index in [0.717, 1.165) is 0 Å². The zero-order chi connectivity index (χ0) is 10.8. The van der Waals surface area contributed by atoms with Crippen molar-refractivity contribution in [2.45, 2.75) is 0 Å². The van der Waals surface area contributed by atoms with Crippen molar-refractivity contribution in [2.75, 3.05) is 0 Å². The first-order valence-corrected chi connectivity index (χ1v) is 4.58. The molecule has 2 aromatic rings. The summed E-state index contributed by atoms with van der Waals surface area (Å²) >= 11 is 5.73. The van der Waals surface area contributed by atoms with Gasteiger partial charge in [0, 0.05) is 10.7 Å². The van der Waals surface area contributed by atoms with Crippen molar-refractivity contribution in [3.05, 3.63) is 47.5 Å². The van der Waals surface area contributed by atoms with Crippen LogP contribution in [0.4, 0.5) is 0 Å². The van der Waals surface area contributed by atoms with E-state index in [4.69, 9.17) is 16.7 Å². The van der Waals surface area contributed by atoms with Crippen LogP contribution >= 0.6 is 11.6 Å². The van der Waals surface area contributed by atoms with E-state index in [-0.39, 0.29) is 5.69 Å². The highest BCUT2D eigenvalue weighted by atomic mass is 35.5. The normalized spacial score (nSPS) is 10.2. The molecule has 0 bridgehead atoms. The molecule has 1 aromatic carbocycles. The van der Waals surface area contributed by atoms with E-state index in [9.17, 15) is 4.79 Å². The number of benzene rings is 1. The molecule has 5 heteroatoms. The minimum absolute atomic E-state index is 0.123. The van der Waals surface area contributed by atoms with Crippen LogP contribution in [0, 0.1) is 0 Å². The van der Waals surface area contributed by atoms with E-state index in [0.29, 0.717) is 10.7 Å². The van der Waals surface area contributed by atoms with Crippen molar-refractivity contribution in [3.63, 3.8) is 0 Å². The van der Waals surface area contributed by atoms with Crippen molar-refractivity contribution < 1.29 is 9.90 Å². The third kappa shape index (κ3) is 1.85. The van der Waals surface area contributed by atoms with Gasteiger partial charge in [-0.05, 0) is 24.3 Å². The Bertz CT molecular complexity index is 490. The molecule has 0 saturated carbocycles. The summed E-state index contributed by atoms with van der Waals surface area (Å²) in [6.45, 7) is 0. The van der Waals surface area contributed by atoms with E-state index in [1.54, 1.807) is 24.3 Å². The molecule has 1 aromatic heterocycles. The van der Waals surface area contributed by atoms with Gasteiger partial charge in [0.25, 0.3) is 0 Å². The molecule has 1 N–H and O–H groups in total. The SMILES string of the molecule is O=C(O)c1cncn1-c1ccc(Cl)cc1. The minimum atomic E-state index is -1.01. The van der Waals surface area contributed by atoms with Gasteiger partial charge in [0.2, 0.25) is 0 Å². The van der Waals surface area contributed by atoms with E-state index < -0.39 is 5.97 Å². The number of aromatic nitrogens is 2. The Labute approximate surface area is 90.8 Å². The Morgan fingerprint density at radius 3 is 2.60 bits per heavy atom. The second-order valence-corrected chi connectivity index (χ2v) is 3.37. The van der Waals surface area contributed by atoms with Crippen LogP contribution in [-0.2, 0) is 0 Å². The van der Waals surface area contributed by atoms with Crippen molar-refractivity contribution in [3.8, 4) is 5.69 Å². The van der Waals surface area contributed by atoms with Crippen LogP contribution in [0.3, 0.4) is 0 Å². The minimum Gasteiger partial charge on any atom is -0.477 e. The Hall–Kier alpha value is -1.81. The smallest absolute Gasteiger partial charge is 0.354 e. The number of carboxylic acids is 1. The van der Waals surface area contributed by atoms with Gasteiger partial charge in [0.05, 0.1) is 12.5 Å². The fourth-order valence-electron chi connectivity index (χ4n) is 1.26. The zero-order valence-electron chi connectivity index (χ0n) is 7.59. The molecule has 4 nitrogen and oxygen atoms in total. The number of carbonyl (C=O) groups is 1. The highest BCUT2D eigenvalue weighted by Gasteiger charge is 2.10. The van der Waals surface area contributed by atoms with Gasteiger partial charge in [-0.3, -0.25) is 4.57 Å². The molecule has 1 heterocycles. The summed E-state index contributed by atoms with van der Waals surface area (Å²) in [5.74, 6) is -1.01. The molecule has 0 fully saturated rings. The number of carboxylic acid groups (broad SMARTS) is 1. The summed E-state index contributed by atoms with van der Waals surface area (Å²) in [4.78, 5) is 14.6. The highest BCUT2D eigenvalue weighted by Crippen LogP contribution is 2.15. The Kier molecular flexibility index (Phi) is 2.43. The number of aromatic carboxylic acids is 1. The summed E-state index contributed by atoms with van der Waals surface area (Å²) in [7, 11) is 0. The fraction of sp³-hybridized carbons (Fsp3) is 0. The molecule has 0 saturated heterocycles. The molecule has 0 amide bonds. The van der Waals surface area contributed by atoms with Gasteiger partial charge in [0.15, 0.2) is 5.69 Å². The standard InChI is InChI=1S/C10H7ClN2O2/c11-7-1-3-8(4-2-7)13-6-12-5-9(13)10(14)15/h1-6H,(H,14,15). The van der Waals surface area contributed by atoms with Crippen molar-refractivity contribution in [2.24, 2.45) is 0 Å². The number of hydrogen-bond donors (Lipinski definition) is 1. The first kappa shape index (κ1) is 9.73. The number of nitrogens with zero attached hydrogens (tertiary/aromatic N) is 2. The van der Waals surface area contributed by atoms with Crippen LogP contribution in [0.2, 0.25) is 5.02 Å². The molecule has 0 aliphatic rings. The first-order valence-electron chi connectivity index (χ1n) is 4.20. The molecule has 0 radical (unpaired) electrons. The summed E-state index contributed by atoms with van der Waals surface area (Å²) in [5, 5.41) is 9.49. The molecule has 0 spiro atoms. The first-order chi connectivity index (χ1) is 7.18. The quantitative estimate of drug-likeness (QED) is 0.848. The average molecular weight is 223 g/mol. The van der Waals surface area contributed by atoms with Crippen LogP contribution in [0.25, 0.3) is 5.69 Å². The predicted molar refractivity (Wildman–Crippen MR) is 55.5 cm³/mol. The second-order valence-electron chi connectivity index (χ2n) is 2.93. The number of imidazole rings is 1. The Balaban J connectivity index is 2.49. The van der Waals surface area contributed by atoms with Gasteiger partial charge in [0.1, 0.15) is 0 Å². The molecular weight excluding hydrogens is 216 g/mol. The van der Waals surface area contributed by atoms with E-state index >= 15 is 0 Å². The lowest BCUT2D eigenvalue weighted by atomic mass is 10.3. The van der Waals surface area contributed by atoms with Gasteiger partial charge < -0.3 is 5.11 Å². The summed E-state index contributed by atoms with van der Waals surface area (Å²) in [6, 6.07) is 6.86. The maximum atomic E-state index is 10.8. The molecule has 2 rings (SSSR count). The van der Waals surface area contributed by atoms with E-state index in [1.165, 1.54) is 17.1 Å². The fourth-order valence-corrected chi connectivity index (χ4v) is 1.39. The largest absolute Gasteiger partial charge is 0.477 e. The van der Waals surface area contributed by atoms with Gasteiger partial charge in [-0.15, -0.1) is 0 Å². The number of rotatable bonds is 2. The van der Waals surface area contributed by atoms with Crippen molar-refractivity contribution in [1.29, 1.82) is 0 Å². The Morgan fingerprint density at radius 1 is 1.33 bits per heavy atom. The van der Waals surface area contributed by atoms with Crippen LogP contribution in [0.5, 0.6) is 0 Å². The maximum Gasteiger partial charge on any atom is 0.354 e. The maximum absolute atomic E-state index is 10.8. The molecule has 0 aliphatic carbocycles. The monoisotopic (exact) mass is 222 g/mol. The highest BCUT2D eigenvalue weighted by molar-refractivity contribution is 6.30. The number of halogens is 1. The van der Waals surface area contributed by atoms with Crippen LogP contribution in [0.15, 0.2) is 36.8 Å². The van der Waals surface area contributed by atoms with Crippen LogP contribution in [0.1, 0.15) is 10.5 Å². The average Bonchev–Trinajstić information content (AvgIpc) is 2.67. The van der Waals surface area contributed by atoms with E-state index in [2.05, 4.69) is 4.98 Å². The third-order valence-electron chi connectivity index (χ3n) is 1.96. The number of hydrogen-bond acceptors (Lipinski definition) is 2. The summed E-state index contributed by atoms with van der Waals surface area (Å²) in [6.07, 6.45) is 2.75. The van der Waals surface area contributed by atoms with Gasteiger partial charge in [-0.25, -0.2) is 9.78 Å². The van der Waals surface area contributed by atoms with E-state index in [1.807, 2.05) is 0 Å². The van der Waals surface area contributed by atoms with Gasteiger partial charge in [-0.2, -0.15) is 0 Å². The lowest BCUT2D eigenvalue weighted by Gasteiger charge is -2.04. The summed E-state index contributed by atoms with van der Waals surface area (Å²) in [5.41, 5.74) is 0.839. The van der Waals surface area contributed by atoms with Gasteiger partial charge >= 0.3 is 5.97 Å². The molecule has 0 atom stereocenters. The summed E-state index contributed by atoms with van der Waals surface area (Å²) < 4.78 is 1.48. The van der Waals surface area contributed by atoms with Crippen LogP contribution < -0.4 is 0 Å². The zero-order valence-corrected chi connectivity index (χ0v) is 8.35. The van der Waals surface area contributed by atoms with Crippen LogP contribution in [-0.4, -0.2) is 20.6 Å². The molecule has 0 aliphatic heterocycles. The molecule has 15 heavy (non-hydrogen) atoms. The van der Waals surface area contributed by atoms with Crippen molar-refractivity contribution in [1.82, 2.24) is 9.55 Å². The second kappa shape index (κ2) is 3.74. The van der Waals surface area contributed by atoms with Crippen molar-refractivity contribution >= 4 is 17.6 Å². The molecule has 0 unspecified atom stereocenters. The lowest BCUT2D eigenvalue weighted by molar-refractivity contribution is 0.0688. The third-order valence-corrected chi connectivity index (χ3v) is 2.21.